The van der Waals surface area contributed by atoms with E-state index in [2.05, 4.69) is 80.2 Å². The average Bonchev–Trinajstić information content (AvgIpc) is 2.94. The normalized spacial score (nSPS) is 15.1. The van der Waals surface area contributed by atoms with Crippen LogP contribution in [0.15, 0.2) is 47.7 Å². The van der Waals surface area contributed by atoms with E-state index in [9.17, 15) is 0 Å². The lowest BCUT2D eigenvalue weighted by Gasteiger charge is -2.19. The molecule has 1 aliphatic carbocycles. The highest BCUT2D eigenvalue weighted by Crippen LogP contribution is 2.16. The van der Waals surface area contributed by atoms with Gasteiger partial charge in [-0.25, -0.2) is 23.2 Å². The van der Waals surface area contributed by atoms with Crippen molar-refractivity contribution in [2.24, 2.45) is 0 Å². The zero-order chi connectivity index (χ0) is 20.0. The Bertz CT molecular complexity index is 528. The molecule has 0 aromatic carbocycles. The minimum absolute atomic E-state index is 1.17. The van der Waals surface area contributed by atoms with Gasteiger partial charge in [0.1, 0.15) is 14.1 Å². The first kappa shape index (κ1) is 24.6. The van der Waals surface area contributed by atoms with Crippen LogP contribution in [-0.4, -0.2) is 42.9 Å². The van der Waals surface area contributed by atoms with E-state index in [4.69, 9.17) is 18.6 Å². The minimum Gasteiger partial charge on any atom is -0.377 e. The van der Waals surface area contributed by atoms with Crippen molar-refractivity contribution in [3.05, 3.63) is 47.7 Å². The Morgan fingerprint density at radius 2 is 1.58 bits per heavy atom. The molecular weight excluding hydrogens is 356 g/mol. The summed E-state index contributed by atoms with van der Waals surface area (Å²) in [6.07, 6.45) is 20.3. The molecule has 0 amide bonds. The van der Waals surface area contributed by atoms with Crippen molar-refractivity contribution < 1.29 is 33.5 Å². The molecule has 0 fully saturated rings. The first-order chi connectivity index (χ1) is 12.2. The second kappa shape index (κ2) is 13.7. The summed E-state index contributed by atoms with van der Waals surface area (Å²) in [6.45, 7) is 6.83. The van der Waals surface area contributed by atoms with Gasteiger partial charge >= 0.3 is 0 Å². The van der Waals surface area contributed by atoms with E-state index in [0.29, 0.717) is 0 Å². The Labute approximate surface area is 159 Å². The smallest absolute Gasteiger partial charge is 0.170 e. The second-order valence-electron chi connectivity index (χ2n) is 6.16. The van der Waals surface area contributed by atoms with E-state index in [1.807, 2.05) is 0 Å². The predicted octanol–water partition coefficient (Wildman–Crippen LogP) is -0.588. The van der Waals surface area contributed by atoms with Gasteiger partial charge in [0, 0.05) is 18.7 Å². The molecule has 0 atom stereocenters. The Hall–Kier alpha value is -1.44. The fourth-order valence-corrected chi connectivity index (χ4v) is 2.25. The molecule has 0 bridgehead atoms. The van der Waals surface area contributed by atoms with Gasteiger partial charge in [-0.15, -0.1) is 10.2 Å². The van der Waals surface area contributed by atoms with Crippen molar-refractivity contribution in [2.75, 3.05) is 27.2 Å². The van der Waals surface area contributed by atoms with Gasteiger partial charge in [-0.3, -0.25) is 0 Å². The third-order valence-corrected chi connectivity index (χ3v) is 3.45. The van der Waals surface area contributed by atoms with Gasteiger partial charge in [-0.2, -0.15) is 0 Å². The third kappa shape index (κ3) is 14.9. The van der Waals surface area contributed by atoms with Crippen LogP contribution >= 0.6 is 0 Å². The molecule has 7 heteroatoms. The van der Waals surface area contributed by atoms with Crippen LogP contribution in [0.5, 0.6) is 0 Å². The zero-order valence-corrected chi connectivity index (χ0v) is 16.9. The van der Waals surface area contributed by atoms with Gasteiger partial charge in [0.2, 0.25) is 0 Å². The molecule has 0 aromatic rings. The number of rotatable bonds is 9. The Morgan fingerprint density at radius 3 is 2.04 bits per heavy atom. The molecule has 0 aromatic heterocycles. The molecule has 6 nitrogen and oxygen atoms in total. The lowest BCUT2D eigenvalue weighted by atomic mass is 10.1. The van der Waals surface area contributed by atoms with E-state index < -0.39 is 10.2 Å². The maximum atomic E-state index is 8.49. The van der Waals surface area contributed by atoms with Crippen LogP contribution < -0.4 is 18.6 Å². The SMILES string of the molecule is CCCCN(/C=C/C=C1/C=CC=C1C=[N+](C)C)CCCC.[O-][Cl+3]([O-])([O-])[O-]. The maximum absolute atomic E-state index is 8.49. The average molecular weight is 387 g/mol. The topological polar surface area (TPSA) is 98.5 Å². The van der Waals surface area contributed by atoms with Crippen molar-refractivity contribution in [3.63, 3.8) is 0 Å². The van der Waals surface area contributed by atoms with Crippen LogP contribution in [0.1, 0.15) is 39.5 Å². The van der Waals surface area contributed by atoms with Crippen molar-refractivity contribution >= 4 is 6.21 Å². The van der Waals surface area contributed by atoms with Gasteiger partial charge < -0.3 is 4.90 Å². The Morgan fingerprint density at radius 1 is 1.04 bits per heavy atom. The van der Waals surface area contributed by atoms with Crippen molar-refractivity contribution in [3.8, 4) is 0 Å². The molecule has 0 saturated heterocycles. The van der Waals surface area contributed by atoms with Gasteiger partial charge in [-0.05, 0) is 36.8 Å². The molecule has 0 spiro atoms. The van der Waals surface area contributed by atoms with Crippen molar-refractivity contribution in [1.82, 2.24) is 4.90 Å². The maximum Gasteiger partial charge on any atom is 0.170 e. The summed E-state index contributed by atoms with van der Waals surface area (Å²) >= 11 is 0. The first-order valence-corrected chi connectivity index (χ1v) is 10.0. The van der Waals surface area contributed by atoms with Gasteiger partial charge in [0.05, 0.1) is 0 Å². The quantitative estimate of drug-likeness (QED) is 0.389. The fourth-order valence-electron chi connectivity index (χ4n) is 2.25. The molecule has 0 heterocycles. The van der Waals surface area contributed by atoms with Crippen LogP contribution in [0.2, 0.25) is 0 Å². The van der Waals surface area contributed by atoms with Crippen LogP contribution in [0.3, 0.4) is 0 Å². The van der Waals surface area contributed by atoms with E-state index in [1.54, 1.807) is 0 Å². The predicted molar refractivity (Wildman–Crippen MR) is 94.0 cm³/mol. The second-order valence-corrected chi connectivity index (χ2v) is 6.91. The monoisotopic (exact) mass is 386 g/mol. The van der Waals surface area contributed by atoms with Crippen LogP contribution in [-0.2, 0) is 0 Å². The highest BCUT2D eigenvalue weighted by atomic mass is 35.7. The molecule has 0 unspecified atom stereocenters. The van der Waals surface area contributed by atoms with Crippen LogP contribution in [0.4, 0.5) is 0 Å². The Balaban J connectivity index is 0.00000110. The van der Waals surface area contributed by atoms with Crippen LogP contribution in [0.25, 0.3) is 0 Å². The van der Waals surface area contributed by atoms with Crippen molar-refractivity contribution in [2.45, 2.75) is 39.5 Å². The lowest BCUT2D eigenvalue weighted by Crippen LogP contribution is -2.68. The molecule has 1 aliphatic rings. The fraction of sp³-hybridized carbons (Fsp3) is 0.526. The number of unbranched alkanes of at least 4 members (excludes halogenated alkanes) is 2. The minimum atomic E-state index is -4.94. The molecule has 0 N–H and O–H groups in total. The molecule has 0 aliphatic heterocycles. The molecular formula is C19H31ClN2O4. The summed E-state index contributed by atoms with van der Waals surface area (Å²) < 4.78 is 36.1. The highest BCUT2D eigenvalue weighted by Gasteiger charge is 2.06. The van der Waals surface area contributed by atoms with E-state index in [0.717, 1.165) is 0 Å². The number of allylic oxidation sites excluding steroid dienone is 7. The summed E-state index contributed by atoms with van der Waals surface area (Å²) in [6, 6.07) is 0. The van der Waals surface area contributed by atoms with E-state index in [1.165, 1.54) is 49.9 Å². The zero-order valence-electron chi connectivity index (χ0n) is 16.2. The summed E-state index contributed by atoms with van der Waals surface area (Å²) in [5.74, 6) is 0. The number of hydrogen-bond acceptors (Lipinski definition) is 5. The van der Waals surface area contributed by atoms with Gasteiger partial charge in [-0.1, -0.05) is 44.9 Å². The standard InChI is InChI=1S/C19H31N2.ClHO4/c1-5-7-14-21(15-8-6-2)16-10-13-18-11-9-12-19(18)17-20(3)4;2-1(3,4)5/h9-13,16-17H,5-8,14-15H2,1-4H3;(H,2,3,4,5)/q+1;/p-1. The number of nitrogens with zero attached hydrogens (tertiary/aromatic N) is 2. The third-order valence-electron chi connectivity index (χ3n) is 3.45. The highest BCUT2D eigenvalue weighted by molar-refractivity contribution is 5.85. The largest absolute Gasteiger partial charge is 0.377 e. The van der Waals surface area contributed by atoms with E-state index in [-0.39, 0.29) is 0 Å². The van der Waals surface area contributed by atoms with Crippen LogP contribution in [0, 0.1) is 10.2 Å². The Kier molecular flexibility index (Phi) is 13.0. The summed E-state index contributed by atoms with van der Waals surface area (Å²) in [4.78, 5) is 2.45. The van der Waals surface area contributed by atoms with E-state index >= 15 is 0 Å². The molecule has 1 rings (SSSR count). The number of halogens is 1. The lowest BCUT2D eigenvalue weighted by molar-refractivity contribution is -2.00. The molecule has 148 valence electrons. The van der Waals surface area contributed by atoms with Gasteiger partial charge in [0.15, 0.2) is 6.21 Å². The molecule has 0 saturated carbocycles. The summed E-state index contributed by atoms with van der Waals surface area (Å²) in [5, 5.41) is 0. The molecule has 26 heavy (non-hydrogen) atoms. The first-order valence-electron chi connectivity index (χ1n) is 8.81. The number of hydrogen-bond donors (Lipinski definition) is 0. The van der Waals surface area contributed by atoms with Crippen molar-refractivity contribution in [1.29, 1.82) is 0 Å². The summed E-state index contributed by atoms with van der Waals surface area (Å²) in [7, 11) is -0.826. The van der Waals surface area contributed by atoms with Gasteiger partial charge in [0.25, 0.3) is 0 Å². The molecule has 0 radical (unpaired) electrons. The summed E-state index contributed by atoms with van der Waals surface area (Å²) in [5.41, 5.74) is 2.56.